The van der Waals surface area contributed by atoms with Crippen molar-refractivity contribution in [3.8, 4) is 0 Å². The summed E-state index contributed by atoms with van der Waals surface area (Å²) in [6.45, 7) is 0. The summed E-state index contributed by atoms with van der Waals surface area (Å²) in [5, 5.41) is 10.1. The molecule has 1 rings (SSSR count). The summed E-state index contributed by atoms with van der Waals surface area (Å²) in [7, 11) is 0. The Morgan fingerprint density at radius 2 is 2.00 bits per heavy atom. The molecule has 0 N–H and O–H groups in total. The lowest BCUT2D eigenvalue weighted by Gasteiger charge is -2.03. The number of carbonyl (C=O) groups is 2. The zero-order valence-electron chi connectivity index (χ0n) is 6.21. The molecule has 1 aromatic rings. The molecule has 0 heterocycles. The molecular weight excluding hydrogens is 290 g/mol. The van der Waals surface area contributed by atoms with E-state index in [0.717, 1.165) is 6.07 Å². The zero-order chi connectivity index (χ0) is 10.0. The van der Waals surface area contributed by atoms with Gasteiger partial charge in [0.15, 0.2) is 0 Å². The largest absolute Gasteiger partial charge is 0.541 e. The van der Waals surface area contributed by atoms with Crippen LogP contribution in [-0.2, 0) is 4.79 Å². The number of carboxylic acids is 1. The molecule has 0 saturated carbocycles. The Bertz CT molecular complexity index is 376. The summed E-state index contributed by atoms with van der Waals surface area (Å²) in [6, 6.07) is 3.94. The summed E-state index contributed by atoms with van der Waals surface area (Å²) in [5.41, 5.74) is -0.466. The van der Waals surface area contributed by atoms with Crippen molar-refractivity contribution in [2.75, 3.05) is 0 Å². The third kappa shape index (κ3) is 2.03. The van der Waals surface area contributed by atoms with Crippen LogP contribution in [-0.4, -0.2) is 11.8 Å². The minimum absolute atomic E-state index is 0.199. The summed E-state index contributed by atoms with van der Waals surface area (Å²) in [6.07, 6.45) is 0. The number of ketones is 1. The SMILES string of the molecule is O=C([O-])C(=O)c1cccc(I)c1F. The van der Waals surface area contributed by atoms with Gasteiger partial charge in [0.25, 0.3) is 0 Å². The van der Waals surface area contributed by atoms with Gasteiger partial charge < -0.3 is 9.90 Å². The van der Waals surface area contributed by atoms with Gasteiger partial charge in [-0.25, -0.2) is 4.39 Å². The van der Waals surface area contributed by atoms with Crippen molar-refractivity contribution in [3.05, 3.63) is 33.1 Å². The van der Waals surface area contributed by atoms with E-state index in [2.05, 4.69) is 0 Å². The summed E-state index contributed by atoms with van der Waals surface area (Å²) in [4.78, 5) is 20.9. The molecule has 0 radical (unpaired) electrons. The van der Waals surface area contributed by atoms with Crippen molar-refractivity contribution in [2.24, 2.45) is 0 Å². The van der Waals surface area contributed by atoms with E-state index in [1.54, 1.807) is 22.6 Å². The molecule has 0 amide bonds. The van der Waals surface area contributed by atoms with Crippen LogP contribution in [0.1, 0.15) is 10.4 Å². The van der Waals surface area contributed by atoms with Gasteiger partial charge in [0, 0.05) is 3.57 Å². The lowest BCUT2D eigenvalue weighted by atomic mass is 10.1. The molecule has 0 aliphatic heterocycles. The van der Waals surface area contributed by atoms with Crippen LogP contribution in [0.25, 0.3) is 0 Å². The fraction of sp³-hybridized carbons (Fsp3) is 0. The van der Waals surface area contributed by atoms with Gasteiger partial charge in [-0.3, -0.25) is 4.79 Å². The Balaban J connectivity index is 3.23. The molecule has 0 unspecified atom stereocenters. The van der Waals surface area contributed by atoms with Gasteiger partial charge in [0.2, 0.25) is 5.78 Å². The van der Waals surface area contributed by atoms with Gasteiger partial charge in [-0.15, -0.1) is 0 Å². The fourth-order valence-corrected chi connectivity index (χ4v) is 1.29. The van der Waals surface area contributed by atoms with Crippen LogP contribution < -0.4 is 5.11 Å². The van der Waals surface area contributed by atoms with E-state index in [4.69, 9.17) is 0 Å². The number of hydrogen-bond acceptors (Lipinski definition) is 3. The van der Waals surface area contributed by atoms with Crippen molar-refractivity contribution in [1.29, 1.82) is 0 Å². The molecular formula is C8H3FIO3-. The Hall–Kier alpha value is -0.980. The maximum absolute atomic E-state index is 13.1. The van der Waals surface area contributed by atoms with Crippen LogP contribution in [0.5, 0.6) is 0 Å². The van der Waals surface area contributed by atoms with Crippen LogP contribution in [0, 0.1) is 9.39 Å². The van der Waals surface area contributed by atoms with Gasteiger partial charge in [0.05, 0.1) is 5.56 Å². The predicted molar refractivity (Wildman–Crippen MR) is 48.5 cm³/mol. The summed E-state index contributed by atoms with van der Waals surface area (Å²) < 4.78 is 13.3. The quantitative estimate of drug-likeness (QED) is 0.449. The number of carboxylic acid groups (broad SMARTS) is 1. The molecule has 1 aromatic carbocycles. The van der Waals surface area contributed by atoms with E-state index >= 15 is 0 Å². The lowest BCUT2D eigenvalue weighted by molar-refractivity contribution is -0.296. The molecule has 3 nitrogen and oxygen atoms in total. The molecule has 68 valence electrons. The first kappa shape index (κ1) is 10.1. The first-order valence-corrected chi connectivity index (χ1v) is 4.31. The summed E-state index contributed by atoms with van der Waals surface area (Å²) in [5.74, 6) is -4.06. The Labute approximate surface area is 86.7 Å². The van der Waals surface area contributed by atoms with E-state index < -0.39 is 23.1 Å². The maximum Gasteiger partial charge on any atom is 0.211 e. The van der Waals surface area contributed by atoms with Gasteiger partial charge in [-0.05, 0) is 34.7 Å². The lowest BCUT2D eigenvalue weighted by Crippen LogP contribution is -2.32. The van der Waals surface area contributed by atoms with Gasteiger partial charge in [0.1, 0.15) is 11.8 Å². The normalized spacial score (nSPS) is 9.69. The second kappa shape index (κ2) is 3.82. The smallest absolute Gasteiger partial charge is 0.211 e. The van der Waals surface area contributed by atoms with E-state index in [-0.39, 0.29) is 3.57 Å². The second-order valence-corrected chi connectivity index (χ2v) is 3.38. The highest BCUT2D eigenvalue weighted by Gasteiger charge is 2.13. The number of Topliss-reactive ketones (excluding diaryl/α,β-unsaturated/α-hetero) is 1. The topological polar surface area (TPSA) is 57.2 Å². The fourth-order valence-electron chi connectivity index (χ4n) is 0.789. The first-order valence-electron chi connectivity index (χ1n) is 3.23. The summed E-state index contributed by atoms with van der Waals surface area (Å²) >= 11 is 1.67. The third-order valence-corrected chi connectivity index (χ3v) is 2.21. The van der Waals surface area contributed by atoms with Gasteiger partial charge >= 0.3 is 0 Å². The van der Waals surface area contributed by atoms with E-state index in [1.165, 1.54) is 12.1 Å². The van der Waals surface area contributed by atoms with Crippen molar-refractivity contribution in [1.82, 2.24) is 0 Å². The average molecular weight is 293 g/mol. The molecule has 0 atom stereocenters. The first-order chi connectivity index (χ1) is 6.04. The van der Waals surface area contributed by atoms with Crippen LogP contribution in [0.2, 0.25) is 0 Å². The van der Waals surface area contributed by atoms with Crippen LogP contribution in [0.4, 0.5) is 4.39 Å². The van der Waals surface area contributed by atoms with Gasteiger partial charge in [-0.2, -0.15) is 0 Å². The molecule has 0 fully saturated rings. The number of benzene rings is 1. The van der Waals surface area contributed by atoms with Crippen LogP contribution in [0.3, 0.4) is 0 Å². The number of carbonyl (C=O) groups excluding carboxylic acids is 2. The Kier molecular flexibility index (Phi) is 2.97. The van der Waals surface area contributed by atoms with Crippen LogP contribution in [0.15, 0.2) is 18.2 Å². The van der Waals surface area contributed by atoms with Crippen molar-refractivity contribution >= 4 is 34.3 Å². The minimum Gasteiger partial charge on any atom is -0.541 e. The third-order valence-electron chi connectivity index (χ3n) is 1.38. The number of hydrogen-bond donors (Lipinski definition) is 0. The molecule has 13 heavy (non-hydrogen) atoms. The molecule has 0 saturated heterocycles. The Morgan fingerprint density at radius 3 is 2.54 bits per heavy atom. The van der Waals surface area contributed by atoms with E-state index in [1.807, 2.05) is 0 Å². The van der Waals surface area contributed by atoms with Crippen molar-refractivity contribution in [3.63, 3.8) is 0 Å². The second-order valence-electron chi connectivity index (χ2n) is 2.22. The highest BCUT2D eigenvalue weighted by atomic mass is 127. The number of aliphatic carboxylic acids is 1. The van der Waals surface area contributed by atoms with Gasteiger partial charge in [-0.1, -0.05) is 6.07 Å². The number of halogens is 2. The zero-order valence-corrected chi connectivity index (χ0v) is 8.37. The molecule has 0 spiro atoms. The predicted octanol–water partition coefficient (Wildman–Crippen LogP) is 0.363. The highest BCUT2D eigenvalue weighted by molar-refractivity contribution is 14.1. The number of rotatable bonds is 2. The van der Waals surface area contributed by atoms with E-state index in [9.17, 15) is 19.1 Å². The molecule has 0 bridgehead atoms. The minimum atomic E-state index is -1.90. The van der Waals surface area contributed by atoms with Crippen LogP contribution >= 0.6 is 22.6 Å². The van der Waals surface area contributed by atoms with E-state index in [0.29, 0.717) is 0 Å². The average Bonchev–Trinajstić information content (AvgIpc) is 2.08. The molecule has 0 aliphatic carbocycles. The molecule has 0 aliphatic rings. The Morgan fingerprint density at radius 1 is 1.38 bits per heavy atom. The highest BCUT2D eigenvalue weighted by Crippen LogP contribution is 2.15. The maximum atomic E-state index is 13.1. The standard InChI is InChI=1S/C8H4FIO3/c9-6-4(7(11)8(12)13)2-1-3-5(6)10/h1-3H,(H,12,13)/p-1. The van der Waals surface area contributed by atoms with Crippen molar-refractivity contribution in [2.45, 2.75) is 0 Å². The van der Waals surface area contributed by atoms with Crippen molar-refractivity contribution < 1.29 is 19.1 Å². The molecule has 5 heteroatoms. The monoisotopic (exact) mass is 293 g/mol. The molecule has 0 aromatic heterocycles.